The molecular formula is C13H22N4. The summed E-state index contributed by atoms with van der Waals surface area (Å²) >= 11 is 0. The fourth-order valence-corrected chi connectivity index (χ4v) is 3.04. The Hall–Kier alpha value is -0.870. The van der Waals surface area contributed by atoms with Gasteiger partial charge in [-0.1, -0.05) is 6.42 Å². The summed E-state index contributed by atoms with van der Waals surface area (Å²) in [6.45, 7) is 5.31. The van der Waals surface area contributed by atoms with Crippen LogP contribution < -0.4 is 5.73 Å². The summed E-state index contributed by atoms with van der Waals surface area (Å²) < 4.78 is 2.26. The minimum Gasteiger partial charge on any atom is -0.333 e. The predicted molar refractivity (Wildman–Crippen MR) is 67.5 cm³/mol. The average molecular weight is 234 g/mol. The van der Waals surface area contributed by atoms with E-state index in [0.717, 1.165) is 26.2 Å². The van der Waals surface area contributed by atoms with Crippen LogP contribution >= 0.6 is 0 Å². The van der Waals surface area contributed by atoms with E-state index in [1.807, 2.05) is 6.20 Å². The highest BCUT2D eigenvalue weighted by Crippen LogP contribution is 2.43. The van der Waals surface area contributed by atoms with E-state index in [1.165, 1.54) is 38.1 Å². The van der Waals surface area contributed by atoms with Gasteiger partial charge < -0.3 is 10.3 Å². The van der Waals surface area contributed by atoms with Gasteiger partial charge in [0.15, 0.2) is 0 Å². The molecule has 1 aromatic heterocycles. The smallest absolute Gasteiger partial charge is 0.122 e. The van der Waals surface area contributed by atoms with Crippen molar-refractivity contribution in [1.29, 1.82) is 0 Å². The maximum atomic E-state index is 5.91. The van der Waals surface area contributed by atoms with Crippen molar-refractivity contribution in [1.82, 2.24) is 14.5 Å². The second-order valence-electron chi connectivity index (χ2n) is 5.62. The van der Waals surface area contributed by atoms with Crippen molar-refractivity contribution in [3.63, 3.8) is 0 Å². The Bertz CT molecular complexity index is 375. The van der Waals surface area contributed by atoms with Crippen molar-refractivity contribution in [3.05, 3.63) is 18.2 Å². The third-order valence-electron chi connectivity index (χ3n) is 4.63. The third kappa shape index (κ3) is 2.11. The molecule has 0 amide bonds. The molecule has 2 heterocycles. The van der Waals surface area contributed by atoms with Gasteiger partial charge in [-0.25, -0.2) is 4.98 Å². The summed E-state index contributed by atoms with van der Waals surface area (Å²) in [5.74, 6) is 1.21. The number of rotatable bonds is 4. The van der Waals surface area contributed by atoms with E-state index >= 15 is 0 Å². The van der Waals surface area contributed by atoms with E-state index in [2.05, 4.69) is 20.6 Å². The molecule has 0 atom stereocenters. The van der Waals surface area contributed by atoms with Crippen LogP contribution in [0.2, 0.25) is 0 Å². The van der Waals surface area contributed by atoms with Crippen molar-refractivity contribution < 1.29 is 0 Å². The lowest BCUT2D eigenvalue weighted by Gasteiger charge is -2.42. The van der Waals surface area contributed by atoms with Gasteiger partial charge in [-0.3, -0.25) is 4.90 Å². The molecule has 1 fully saturated rings. The van der Waals surface area contributed by atoms with E-state index in [9.17, 15) is 0 Å². The van der Waals surface area contributed by atoms with Crippen LogP contribution in [0.5, 0.6) is 0 Å². The Balaban J connectivity index is 1.54. The molecule has 94 valence electrons. The van der Waals surface area contributed by atoms with Gasteiger partial charge in [-0.15, -0.1) is 0 Å². The van der Waals surface area contributed by atoms with Crippen LogP contribution in [0.4, 0.5) is 0 Å². The standard InChI is InChI=1S/C13H22N4/c14-11-13(2-1-3-13)4-6-16-8-9-17-7-5-15-12(17)10-16/h5,7H,1-4,6,8-11,14H2. The highest BCUT2D eigenvalue weighted by Gasteiger charge is 2.35. The molecule has 1 aliphatic heterocycles. The van der Waals surface area contributed by atoms with Gasteiger partial charge in [0.2, 0.25) is 0 Å². The van der Waals surface area contributed by atoms with Crippen LogP contribution in [0.25, 0.3) is 0 Å². The molecule has 1 saturated carbocycles. The Morgan fingerprint density at radius 2 is 2.24 bits per heavy atom. The molecule has 0 saturated heterocycles. The second-order valence-corrected chi connectivity index (χ2v) is 5.62. The van der Waals surface area contributed by atoms with E-state index in [0.29, 0.717) is 5.41 Å². The molecule has 4 heteroatoms. The van der Waals surface area contributed by atoms with Crippen molar-refractivity contribution in [3.8, 4) is 0 Å². The minimum atomic E-state index is 0.479. The summed E-state index contributed by atoms with van der Waals surface area (Å²) in [5, 5.41) is 0. The summed E-state index contributed by atoms with van der Waals surface area (Å²) in [7, 11) is 0. The molecule has 3 rings (SSSR count). The number of fused-ring (bicyclic) bond motifs is 1. The maximum absolute atomic E-state index is 5.91. The predicted octanol–water partition coefficient (Wildman–Crippen LogP) is 1.22. The van der Waals surface area contributed by atoms with Gasteiger partial charge >= 0.3 is 0 Å². The number of nitrogens with two attached hydrogens (primary N) is 1. The van der Waals surface area contributed by atoms with Crippen LogP contribution in [0.3, 0.4) is 0 Å². The zero-order valence-electron chi connectivity index (χ0n) is 10.4. The molecule has 1 aliphatic carbocycles. The van der Waals surface area contributed by atoms with Crippen molar-refractivity contribution in [2.75, 3.05) is 19.6 Å². The topological polar surface area (TPSA) is 47.1 Å². The summed E-state index contributed by atoms with van der Waals surface area (Å²) in [5.41, 5.74) is 6.39. The monoisotopic (exact) mass is 234 g/mol. The van der Waals surface area contributed by atoms with E-state index in [1.54, 1.807) is 0 Å². The summed E-state index contributed by atoms with van der Waals surface area (Å²) in [6, 6.07) is 0. The second kappa shape index (κ2) is 4.42. The van der Waals surface area contributed by atoms with Crippen LogP contribution in [0, 0.1) is 5.41 Å². The highest BCUT2D eigenvalue weighted by molar-refractivity contribution is 4.96. The fourth-order valence-electron chi connectivity index (χ4n) is 3.04. The lowest BCUT2D eigenvalue weighted by Crippen LogP contribution is -2.42. The zero-order valence-corrected chi connectivity index (χ0v) is 10.4. The first kappa shape index (κ1) is 11.2. The largest absolute Gasteiger partial charge is 0.333 e. The minimum absolute atomic E-state index is 0.479. The molecule has 0 spiro atoms. The Morgan fingerprint density at radius 1 is 1.35 bits per heavy atom. The number of nitrogens with zero attached hydrogens (tertiary/aromatic N) is 3. The van der Waals surface area contributed by atoms with Gasteiger partial charge in [0, 0.05) is 25.5 Å². The highest BCUT2D eigenvalue weighted by atomic mass is 15.2. The molecule has 0 aromatic carbocycles. The molecule has 17 heavy (non-hydrogen) atoms. The van der Waals surface area contributed by atoms with Gasteiger partial charge in [-0.2, -0.15) is 0 Å². The Morgan fingerprint density at radius 3 is 2.94 bits per heavy atom. The number of hydrogen-bond acceptors (Lipinski definition) is 3. The van der Waals surface area contributed by atoms with Gasteiger partial charge in [0.1, 0.15) is 5.82 Å². The Kier molecular flexibility index (Phi) is 2.92. The lowest BCUT2D eigenvalue weighted by atomic mass is 9.66. The maximum Gasteiger partial charge on any atom is 0.122 e. The molecule has 1 aromatic rings. The van der Waals surface area contributed by atoms with Gasteiger partial charge in [-0.05, 0) is 37.8 Å². The molecule has 4 nitrogen and oxygen atoms in total. The molecule has 0 radical (unpaired) electrons. The fraction of sp³-hybridized carbons (Fsp3) is 0.769. The quantitative estimate of drug-likeness (QED) is 0.852. The normalized spacial score (nSPS) is 23.1. The average Bonchev–Trinajstić information content (AvgIpc) is 2.75. The first-order valence-electron chi connectivity index (χ1n) is 6.74. The van der Waals surface area contributed by atoms with Gasteiger partial charge in [0.05, 0.1) is 6.54 Å². The zero-order chi connectivity index (χ0) is 11.7. The van der Waals surface area contributed by atoms with Crippen LogP contribution in [0.15, 0.2) is 12.4 Å². The summed E-state index contributed by atoms with van der Waals surface area (Å²) in [4.78, 5) is 6.93. The first-order valence-corrected chi connectivity index (χ1v) is 6.74. The Labute approximate surface area is 103 Å². The van der Waals surface area contributed by atoms with Crippen molar-refractivity contribution in [2.45, 2.75) is 38.8 Å². The third-order valence-corrected chi connectivity index (χ3v) is 4.63. The molecule has 2 aliphatic rings. The molecular weight excluding hydrogens is 212 g/mol. The molecule has 0 bridgehead atoms. The van der Waals surface area contributed by atoms with Crippen molar-refractivity contribution >= 4 is 0 Å². The number of aromatic nitrogens is 2. The number of hydrogen-bond donors (Lipinski definition) is 1. The first-order chi connectivity index (χ1) is 8.31. The van der Waals surface area contributed by atoms with Crippen LogP contribution in [-0.2, 0) is 13.1 Å². The summed E-state index contributed by atoms with van der Waals surface area (Å²) in [6.07, 6.45) is 9.32. The molecule has 0 unspecified atom stereocenters. The SMILES string of the molecule is NCC1(CCN2CCn3ccnc3C2)CCC1. The van der Waals surface area contributed by atoms with Crippen LogP contribution in [-0.4, -0.2) is 34.1 Å². The van der Waals surface area contributed by atoms with E-state index < -0.39 is 0 Å². The van der Waals surface area contributed by atoms with E-state index in [4.69, 9.17) is 5.73 Å². The lowest BCUT2D eigenvalue weighted by molar-refractivity contribution is 0.0968. The number of imidazole rings is 1. The van der Waals surface area contributed by atoms with Crippen LogP contribution in [0.1, 0.15) is 31.5 Å². The van der Waals surface area contributed by atoms with Gasteiger partial charge in [0.25, 0.3) is 0 Å². The molecule has 2 N–H and O–H groups in total. The van der Waals surface area contributed by atoms with E-state index in [-0.39, 0.29) is 0 Å². The van der Waals surface area contributed by atoms with Crippen molar-refractivity contribution in [2.24, 2.45) is 11.1 Å².